The molecule has 2 aliphatic rings. The van der Waals surface area contributed by atoms with E-state index in [4.69, 9.17) is 0 Å². The van der Waals surface area contributed by atoms with Crippen LogP contribution in [0, 0.1) is 0 Å². The van der Waals surface area contributed by atoms with Gasteiger partial charge in [-0.05, 0) is 39.0 Å². The summed E-state index contributed by atoms with van der Waals surface area (Å²) in [4.78, 5) is 2.91. The molecule has 0 bridgehead atoms. The van der Waals surface area contributed by atoms with Crippen LogP contribution in [0.5, 0.6) is 0 Å². The van der Waals surface area contributed by atoms with Crippen LogP contribution in [0.15, 0.2) is 0 Å². The fraction of sp³-hybridized carbons (Fsp3) is 1.00. The lowest BCUT2D eigenvalue weighted by molar-refractivity contribution is -0.0248. The van der Waals surface area contributed by atoms with Crippen molar-refractivity contribution in [2.75, 3.05) is 13.1 Å². The van der Waals surface area contributed by atoms with Gasteiger partial charge in [-0.2, -0.15) is 0 Å². The number of piperazine rings is 1. The Hall–Kier alpha value is -0.0800. The van der Waals surface area contributed by atoms with Gasteiger partial charge in [0.1, 0.15) is 0 Å². The molecule has 1 atom stereocenters. The third-order valence-electron chi connectivity index (χ3n) is 6.00. The van der Waals surface area contributed by atoms with Crippen molar-refractivity contribution in [3.8, 4) is 0 Å². The third kappa shape index (κ3) is 2.85. The fourth-order valence-corrected chi connectivity index (χ4v) is 4.42. The van der Waals surface area contributed by atoms with Gasteiger partial charge >= 0.3 is 0 Å². The van der Waals surface area contributed by atoms with E-state index < -0.39 is 0 Å². The summed E-state index contributed by atoms with van der Waals surface area (Å²) in [5.41, 5.74) is 0.859. The van der Waals surface area contributed by atoms with Crippen LogP contribution >= 0.6 is 0 Å². The molecule has 1 unspecified atom stereocenters. The van der Waals surface area contributed by atoms with Gasteiger partial charge in [-0.25, -0.2) is 0 Å². The van der Waals surface area contributed by atoms with Crippen LogP contribution in [0.1, 0.15) is 79.1 Å². The van der Waals surface area contributed by atoms with Crippen molar-refractivity contribution in [1.29, 1.82) is 0 Å². The fourth-order valence-electron chi connectivity index (χ4n) is 4.42. The maximum atomic E-state index is 3.95. The molecule has 1 aliphatic heterocycles. The lowest BCUT2D eigenvalue weighted by atomic mass is 9.81. The van der Waals surface area contributed by atoms with Crippen LogP contribution in [0.4, 0.5) is 0 Å². The van der Waals surface area contributed by atoms with Crippen LogP contribution in [0.25, 0.3) is 0 Å². The maximum absolute atomic E-state index is 3.95. The normalized spacial score (nSPS) is 27.8. The van der Waals surface area contributed by atoms with Crippen LogP contribution in [0.3, 0.4) is 0 Å². The topological polar surface area (TPSA) is 15.3 Å². The minimum Gasteiger partial charge on any atom is -0.308 e. The highest BCUT2D eigenvalue weighted by atomic mass is 15.3. The van der Waals surface area contributed by atoms with Crippen molar-refractivity contribution in [2.24, 2.45) is 0 Å². The van der Waals surface area contributed by atoms with Crippen molar-refractivity contribution in [2.45, 2.75) is 96.2 Å². The van der Waals surface area contributed by atoms with E-state index in [1.807, 2.05) is 0 Å². The molecule has 1 spiro atoms. The minimum absolute atomic E-state index is 0.371. The first kappa shape index (κ1) is 15.3. The van der Waals surface area contributed by atoms with Gasteiger partial charge in [0, 0.05) is 30.2 Å². The predicted molar refractivity (Wildman–Crippen MR) is 83.6 cm³/mol. The number of hydrogen-bond donors (Lipinski definition) is 1. The molecular formula is C17H34N2. The quantitative estimate of drug-likeness (QED) is 0.810. The van der Waals surface area contributed by atoms with E-state index in [-0.39, 0.29) is 0 Å². The Morgan fingerprint density at radius 2 is 1.74 bits per heavy atom. The maximum Gasteiger partial charge on any atom is 0.0337 e. The van der Waals surface area contributed by atoms with Gasteiger partial charge in [0.25, 0.3) is 0 Å². The molecule has 19 heavy (non-hydrogen) atoms. The van der Waals surface area contributed by atoms with E-state index in [0.717, 1.165) is 6.04 Å². The molecule has 2 heteroatoms. The largest absolute Gasteiger partial charge is 0.308 e. The monoisotopic (exact) mass is 266 g/mol. The molecule has 0 amide bonds. The van der Waals surface area contributed by atoms with Crippen molar-refractivity contribution in [3.63, 3.8) is 0 Å². The molecule has 112 valence electrons. The summed E-state index contributed by atoms with van der Waals surface area (Å²) in [5, 5.41) is 3.95. The molecule has 2 fully saturated rings. The standard InChI is InChI=1S/C17H34N2/c1-5-10-15(4)19-14-16(6-2,7-3)18-13-17(19)11-8-9-12-17/h15,18H,5-14H2,1-4H3. The van der Waals surface area contributed by atoms with Crippen molar-refractivity contribution in [3.05, 3.63) is 0 Å². The van der Waals surface area contributed by atoms with E-state index in [1.54, 1.807) is 0 Å². The average Bonchev–Trinajstić information content (AvgIpc) is 2.89. The first-order valence-electron chi connectivity index (χ1n) is 8.63. The zero-order valence-corrected chi connectivity index (χ0v) is 13.6. The van der Waals surface area contributed by atoms with E-state index in [1.165, 1.54) is 64.5 Å². The third-order valence-corrected chi connectivity index (χ3v) is 6.00. The van der Waals surface area contributed by atoms with Crippen LogP contribution in [-0.2, 0) is 0 Å². The van der Waals surface area contributed by atoms with Gasteiger partial charge in [0.05, 0.1) is 0 Å². The summed E-state index contributed by atoms with van der Waals surface area (Å²) >= 11 is 0. The lowest BCUT2D eigenvalue weighted by Crippen LogP contribution is -2.70. The van der Waals surface area contributed by atoms with Crippen LogP contribution in [-0.4, -0.2) is 35.1 Å². The number of nitrogens with zero attached hydrogens (tertiary/aromatic N) is 1. The smallest absolute Gasteiger partial charge is 0.0337 e. The SMILES string of the molecule is CCCC(C)N1CC(CC)(CC)NCC12CCCC2. The Morgan fingerprint density at radius 1 is 1.11 bits per heavy atom. The second kappa shape index (κ2) is 6.13. The molecule has 1 aliphatic carbocycles. The molecule has 1 heterocycles. The molecule has 1 saturated heterocycles. The number of rotatable bonds is 5. The first-order chi connectivity index (χ1) is 9.11. The van der Waals surface area contributed by atoms with Gasteiger partial charge in [-0.1, -0.05) is 40.0 Å². The lowest BCUT2D eigenvalue weighted by Gasteiger charge is -2.55. The Bertz CT molecular complexity index is 277. The summed E-state index contributed by atoms with van der Waals surface area (Å²) in [6, 6.07) is 0.752. The predicted octanol–water partition coefficient (Wildman–Crippen LogP) is 3.95. The van der Waals surface area contributed by atoms with Gasteiger partial charge in [0.15, 0.2) is 0 Å². The molecule has 0 aromatic carbocycles. The molecular weight excluding hydrogens is 232 g/mol. The van der Waals surface area contributed by atoms with Crippen molar-refractivity contribution >= 4 is 0 Å². The highest BCUT2D eigenvalue weighted by Gasteiger charge is 2.48. The van der Waals surface area contributed by atoms with Gasteiger partial charge in [-0.15, -0.1) is 0 Å². The Morgan fingerprint density at radius 3 is 2.26 bits per heavy atom. The highest BCUT2D eigenvalue weighted by molar-refractivity contribution is 5.07. The Balaban J connectivity index is 2.18. The molecule has 2 nitrogen and oxygen atoms in total. The Labute approximate surface area is 120 Å². The summed E-state index contributed by atoms with van der Waals surface area (Å²) in [6.07, 6.45) is 10.9. The average molecular weight is 266 g/mol. The van der Waals surface area contributed by atoms with E-state index >= 15 is 0 Å². The second-order valence-electron chi connectivity index (χ2n) is 7.04. The van der Waals surface area contributed by atoms with Crippen molar-refractivity contribution in [1.82, 2.24) is 10.2 Å². The zero-order valence-electron chi connectivity index (χ0n) is 13.6. The second-order valence-corrected chi connectivity index (χ2v) is 7.04. The molecule has 1 N–H and O–H groups in total. The number of hydrogen-bond acceptors (Lipinski definition) is 2. The summed E-state index contributed by atoms with van der Waals surface area (Å²) in [7, 11) is 0. The van der Waals surface area contributed by atoms with Crippen molar-refractivity contribution < 1.29 is 0 Å². The molecule has 0 aromatic rings. The summed E-state index contributed by atoms with van der Waals surface area (Å²) < 4.78 is 0. The van der Waals surface area contributed by atoms with Gasteiger partial charge < -0.3 is 5.32 Å². The molecule has 0 radical (unpaired) electrons. The van der Waals surface area contributed by atoms with Gasteiger partial charge in [-0.3, -0.25) is 4.90 Å². The van der Waals surface area contributed by atoms with Gasteiger partial charge in [0.2, 0.25) is 0 Å². The van der Waals surface area contributed by atoms with Crippen LogP contribution in [0.2, 0.25) is 0 Å². The van der Waals surface area contributed by atoms with Crippen LogP contribution < -0.4 is 5.32 Å². The van der Waals surface area contributed by atoms with E-state index in [9.17, 15) is 0 Å². The summed E-state index contributed by atoms with van der Waals surface area (Å²) in [6.45, 7) is 12.0. The highest BCUT2D eigenvalue weighted by Crippen LogP contribution is 2.41. The summed E-state index contributed by atoms with van der Waals surface area (Å²) in [5.74, 6) is 0. The molecule has 1 saturated carbocycles. The first-order valence-corrected chi connectivity index (χ1v) is 8.63. The molecule has 0 aromatic heterocycles. The van der Waals surface area contributed by atoms with E-state index in [0.29, 0.717) is 11.1 Å². The minimum atomic E-state index is 0.371. The van der Waals surface area contributed by atoms with E-state index in [2.05, 4.69) is 37.9 Å². The zero-order chi connectivity index (χ0) is 13.9. The number of nitrogens with one attached hydrogen (secondary N) is 1. The molecule has 2 rings (SSSR count). The Kier molecular flexibility index (Phi) is 4.94.